The van der Waals surface area contributed by atoms with E-state index < -0.39 is 4.92 Å². The maximum absolute atomic E-state index is 12.9. The summed E-state index contributed by atoms with van der Waals surface area (Å²) in [5, 5.41) is 16.6. The highest BCUT2D eigenvalue weighted by Gasteiger charge is 2.28. The van der Waals surface area contributed by atoms with Gasteiger partial charge >= 0.3 is 0 Å². The molecular formula is C17H20N4O3S. The number of non-ortho nitro benzene ring substituents is 1. The Hall–Kier alpha value is -2.32. The first-order valence-electron chi connectivity index (χ1n) is 8.32. The van der Waals surface area contributed by atoms with Gasteiger partial charge in [0.05, 0.1) is 4.92 Å². The Kier molecular flexibility index (Phi) is 5.40. The molecule has 0 bridgehead atoms. The lowest BCUT2D eigenvalue weighted by molar-refractivity contribution is -0.384. The summed E-state index contributed by atoms with van der Waals surface area (Å²) in [6, 6.07) is 6.53. The van der Waals surface area contributed by atoms with Crippen molar-refractivity contribution in [1.82, 2.24) is 15.2 Å². The molecule has 7 nitrogen and oxygen atoms in total. The first-order valence-corrected chi connectivity index (χ1v) is 9.20. The van der Waals surface area contributed by atoms with Crippen molar-refractivity contribution in [3.63, 3.8) is 0 Å². The van der Waals surface area contributed by atoms with Gasteiger partial charge in [0.1, 0.15) is 10.7 Å². The van der Waals surface area contributed by atoms with Crippen LogP contribution in [0.5, 0.6) is 0 Å². The van der Waals surface area contributed by atoms with Gasteiger partial charge in [-0.3, -0.25) is 14.9 Å². The quantitative estimate of drug-likeness (QED) is 0.632. The van der Waals surface area contributed by atoms with Crippen LogP contribution in [0.15, 0.2) is 29.6 Å². The van der Waals surface area contributed by atoms with Crippen LogP contribution in [0, 0.1) is 10.1 Å². The minimum Gasteiger partial charge on any atom is -0.333 e. The molecule has 1 unspecified atom stereocenters. The average molecular weight is 360 g/mol. The van der Waals surface area contributed by atoms with Crippen LogP contribution in [-0.4, -0.2) is 46.4 Å². The molecule has 1 saturated heterocycles. The van der Waals surface area contributed by atoms with Crippen LogP contribution in [-0.2, 0) is 0 Å². The molecule has 8 heteroatoms. The van der Waals surface area contributed by atoms with Gasteiger partial charge in [0, 0.05) is 42.2 Å². The van der Waals surface area contributed by atoms with Gasteiger partial charge < -0.3 is 10.2 Å². The van der Waals surface area contributed by atoms with Crippen LogP contribution in [0.2, 0.25) is 0 Å². The SMILES string of the molecule is CCCN(C(=O)c1csc(-c2cccc([N+](=O)[O-])c2)n1)C1CCNC1. The molecule has 1 aromatic carbocycles. The highest BCUT2D eigenvalue weighted by molar-refractivity contribution is 7.13. The lowest BCUT2D eigenvalue weighted by atomic mass is 10.2. The number of amides is 1. The standard InChI is InChI=1S/C17H20N4O3S/c1-2-8-20(14-6-7-18-10-14)17(22)15-11-25-16(19-15)12-4-3-5-13(9-12)21(23)24/h3-5,9,11,14,18H,2,6-8,10H2,1H3. The number of rotatable bonds is 6. The zero-order valence-electron chi connectivity index (χ0n) is 14.0. The van der Waals surface area contributed by atoms with Gasteiger partial charge in [0.25, 0.3) is 11.6 Å². The minimum absolute atomic E-state index is 0.0187. The van der Waals surface area contributed by atoms with Crippen LogP contribution in [0.25, 0.3) is 10.6 Å². The molecule has 1 aromatic heterocycles. The lowest BCUT2D eigenvalue weighted by Gasteiger charge is -2.27. The molecule has 3 rings (SSSR count). The van der Waals surface area contributed by atoms with E-state index in [-0.39, 0.29) is 17.6 Å². The molecule has 2 aromatic rings. The van der Waals surface area contributed by atoms with Crippen LogP contribution in [0.3, 0.4) is 0 Å². The summed E-state index contributed by atoms with van der Waals surface area (Å²) in [5.41, 5.74) is 1.08. The average Bonchev–Trinajstić information content (AvgIpc) is 3.31. The third-order valence-electron chi connectivity index (χ3n) is 4.23. The molecule has 0 spiro atoms. The Morgan fingerprint density at radius 3 is 3.04 bits per heavy atom. The van der Waals surface area contributed by atoms with Crippen molar-refractivity contribution < 1.29 is 9.72 Å². The van der Waals surface area contributed by atoms with Crippen molar-refractivity contribution in [2.24, 2.45) is 0 Å². The van der Waals surface area contributed by atoms with Gasteiger partial charge in [-0.15, -0.1) is 11.3 Å². The number of aromatic nitrogens is 1. The largest absolute Gasteiger partial charge is 0.333 e. The highest BCUT2D eigenvalue weighted by atomic mass is 32.1. The van der Waals surface area contributed by atoms with E-state index in [0.29, 0.717) is 22.8 Å². The van der Waals surface area contributed by atoms with Gasteiger partial charge in [-0.2, -0.15) is 0 Å². The topological polar surface area (TPSA) is 88.4 Å². The summed E-state index contributed by atoms with van der Waals surface area (Å²) in [7, 11) is 0. The molecule has 1 aliphatic rings. The smallest absolute Gasteiger partial charge is 0.273 e. The van der Waals surface area contributed by atoms with Crippen molar-refractivity contribution in [2.75, 3.05) is 19.6 Å². The Morgan fingerprint density at radius 1 is 1.52 bits per heavy atom. The Balaban J connectivity index is 1.83. The van der Waals surface area contributed by atoms with Gasteiger partial charge in [0.2, 0.25) is 0 Å². The molecule has 1 aliphatic heterocycles. The van der Waals surface area contributed by atoms with Gasteiger partial charge in [-0.05, 0) is 19.4 Å². The summed E-state index contributed by atoms with van der Waals surface area (Å²) in [6.07, 6.45) is 1.84. The normalized spacial score (nSPS) is 16.8. The van der Waals surface area contributed by atoms with E-state index in [0.717, 1.165) is 25.9 Å². The molecule has 25 heavy (non-hydrogen) atoms. The van der Waals surface area contributed by atoms with E-state index in [9.17, 15) is 14.9 Å². The summed E-state index contributed by atoms with van der Waals surface area (Å²) in [4.78, 5) is 29.7. The summed E-state index contributed by atoms with van der Waals surface area (Å²) in [5.74, 6) is -0.0662. The Morgan fingerprint density at radius 2 is 2.36 bits per heavy atom. The summed E-state index contributed by atoms with van der Waals surface area (Å²) < 4.78 is 0. The van der Waals surface area contributed by atoms with Crippen LogP contribution in [0.1, 0.15) is 30.3 Å². The number of carbonyl (C=O) groups excluding carboxylic acids is 1. The van der Waals surface area contributed by atoms with Crippen molar-refractivity contribution in [1.29, 1.82) is 0 Å². The van der Waals surface area contributed by atoms with Gasteiger partial charge in [-0.25, -0.2) is 4.98 Å². The number of nitro groups is 1. The molecule has 0 aliphatic carbocycles. The second-order valence-corrected chi connectivity index (χ2v) is 6.85. The molecule has 0 radical (unpaired) electrons. The van der Waals surface area contributed by atoms with Crippen LogP contribution >= 0.6 is 11.3 Å². The predicted molar refractivity (Wildman–Crippen MR) is 96.8 cm³/mol. The Labute approximate surface area is 149 Å². The molecule has 132 valence electrons. The van der Waals surface area contributed by atoms with Crippen molar-refractivity contribution in [3.05, 3.63) is 45.5 Å². The van der Waals surface area contributed by atoms with Crippen LogP contribution in [0.4, 0.5) is 5.69 Å². The first kappa shape index (κ1) is 17.5. The van der Waals surface area contributed by atoms with Crippen molar-refractivity contribution in [3.8, 4) is 10.6 Å². The third-order valence-corrected chi connectivity index (χ3v) is 5.12. The summed E-state index contributed by atoms with van der Waals surface area (Å²) in [6.45, 7) is 4.49. The number of nitrogens with zero attached hydrogens (tertiary/aromatic N) is 3. The molecule has 2 heterocycles. The second-order valence-electron chi connectivity index (χ2n) is 5.99. The van der Waals surface area contributed by atoms with Crippen LogP contribution < -0.4 is 5.32 Å². The zero-order valence-corrected chi connectivity index (χ0v) is 14.8. The molecule has 0 saturated carbocycles. The fourth-order valence-electron chi connectivity index (χ4n) is 3.00. The zero-order chi connectivity index (χ0) is 17.8. The number of nitro benzene ring substituents is 1. The number of hydrogen-bond donors (Lipinski definition) is 1. The number of carbonyl (C=O) groups is 1. The van der Waals surface area contributed by atoms with E-state index >= 15 is 0 Å². The van der Waals surface area contributed by atoms with Crippen molar-refractivity contribution in [2.45, 2.75) is 25.8 Å². The van der Waals surface area contributed by atoms with E-state index in [4.69, 9.17) is 0 Å². The molecule has 1 fully saturated rings. The predicted octanol–water partition coefficient (Wildman–Crippen LogP) is 2.93. The van der Waals surface area contributed by atoms with E-state index in [1.807, 2.05) is 4.90 Å². The highest BCUT2D eigenvalue weighted by Crippen LogP contribution is 2.27. The van der Waals surface area contributed by atoms with Gasteiger partial charge in [-0.1, -0.05) is 19.1 Å². The number of nitrogens with one attached hydrogen (secondary N) is 1. The molecule has 1 amide bonds. The monoisotopic (exact) mass is 360 g/mol. The second kappa shape index (κ2) is 7.71. The fourth-order valence-corrected chi connectivity index (χ4v) is 3.79. The molecule has 1 atom stereocenters. The number of benzene rings is 1. The maximum Gasteiger partial charge on any atom is 0.273 e. The number of thiazole rings is 1. The lowest BCUT2D eigenvalue weighted by Crippen LogP contribution is -2.42. The fraction of sp³-hybridized carbons (Fsp3) is 0.412. The third kappa shape index (κ3) is 3.85. The Bertz CT molecular complexity index is 771. The minimum atomic E-state index is -0.431. The summed E-state index contributed by atoms with van der Waals surface area (Å²) >= 11 is 1.33. The number of hydrogen-bond acceptors (Lipinski definition) is 6. The van der Waals surface area contributed by atoms with Crippen molar-refractivity contribution >= 4 is 22.9 Å². The van der Waals surface area contributed by atoms with E-state index in [1.165, 1.54) is 23.5 Å². The maximum atomic E-state index is 12.9. The molecular weight excluding hydrogens is 340 g/mol. The first-order chi connectivity index (χ1) is 12.1. The molecule has 1 N–H and O–H groups in total. The van der Waals surface area contributed by atoms with E-state index in [1.54, 1.807) is 17.5 Å². The van der Waals surface area contributed by atoms with Gasteiger partial charge in [0.15, 0.2) is 0 Å². The van der Waals surface area contributed by atoms with E-state index in [2.05, 4.69) is 17.2 Å².